The van der Waals surface area contributed by atoms with Gasteiger partial charge in [-0.15, -0.1) is 0 Å². The summed E-state index contributed by atoms with van der Waals surface area (Å²) < 4.78 is 5.77. The van der Waals surface area contributed by atoms with Crippen LogP contribution < -0.4 is 20.7 Å². The van der Waals surface area contributed by atoms with Crippen molar-refractivity contribution in [2.24, 2.45) is 0 Å². The maximum atomic E-state index is 11.0. The summed E-state index contributed by atoms with van der Waals surface area (Å²) in [4.78, 5) is 11.0. The Kier molecular flexibility index (Phi) is 13.4. The van der Waals surface area contributed by atoms with E-state index in [1.807, 2.05) is 25.1 Å². The second-order valence-corrected chi connectivity index (χ2v) is 10.5. The molecule has 0 amide bonds. The number of rotatable bonds is 15. The van der Waals surface area contributed by atoms with E-state index in [1.165, 1.54) is 37.8 Å². The fourth-order valence-electron chi connectivity index (χ4n) is 3.97. The molecule has 1 saturated carbocycles. The van der Waals surface area contributed by atoms with Crippen molar-refractivity contribution < 1.29 is 14.6 Å². The number of hydrogen-bond acceptors (Lipinski definition) is 5. The quantitative estimate of drug-likeness (QED) is 0.141. The minimum atomic E-state index is -0.950. The van der Waals surface area contributed by atoms with Crippen LogP contribution in [0.15, 0.2) is 103 Å². The molecule has 0 heterocycles. The van der Waals surface area contributed by atoms with Crippen molar-refractivity contribution in [1.82, 2.24) is 5.32 Å². The predicted octanol–water partition coefficient (Wildman–Crippen LogP) is 8.61. The molecule has 1 atom stereocenters. The highest BCUT2D eigenvalue weighted by Crippen LogP contribution is 2.18. The fourth-order valence-corrected chi connectivity index (χ4v) is 3.97. The normalized spacial score (nSPS) is 13.1. The number of allylic oxidation sites excluding steroid dienone is 2. The van der Waals surface area contributed by atoms with Crippen molar-refractivity contribution >= 4 is 17.3 Å². The van der Waals surface area contributed by atoms with E-state index in [0.717, 1.165) is 47.7 Å². The fraction of sp³-hybridized carbons (Fsp3) is 0.343. The highest BCUT2D eigenvalue weighted by Gasteiger charge is 2.07. The van der Waals surface area contributed by atoms with Crippen LogP contribution in [0.2, 0.25) is 0 Å². The van der Waals surface area contributed by atoms with E-state index in [9.17, 15) is 4.79 Å². The molecule has 0 saturated heterocycles. The molecule has 0 radical (unpaired) electrons. The number of carboxylic acid groups (broad SMARTS) is 1. The minimum absolute atomic E-state index is 0.0486. The maximum Gasteiger partial charge on any atom is 0.335 e. The Morgan fingerprint density at radius 2 is 1.54 bits per heavy atom. The van der Waals surface area contributed by atoms with Crippen molar-refractivity contribution in [1.29, 1.82) is 0 Å². The molecular weight excluding hydrogens is 510 g/mol. The maximum absolute atomic E-state index is 11.0. The van der Waals surface area contributed by atoms with Crippen LogP contribution in [-0.2, 0) is 6.42 Å². The van der Waals surface area contributed by atoms with Crippen LogP contribution in [0, 0.1) is 0 Å². The molecule has 6 nitrogen and oxygen atoms in total. The van der Waals surface area contributed by atoms with Gasteiger partial charge in [0.1, 0.15) is 18.2 Å². The Balaban J connectivity index is 0.00000106. The summed E-state index contributed by atoms with van der Waals surface area (Å²) in [5.74, 6) is 0.663. The number of ether oxygens (including phenoxy) is 1. The molecule has 1 fully saturated rings. The van der Waals surface area contributed by atoms with E-state index in [2.05, 4.69) is 71.9 Å². The first-order chi connectivity index (χ1) is 19.9. The second-order valence-electron chi connectivity index (χ2n) is 10.5. The Bertz CT molecular complexity index is 1210. The molecule has 0 aliphatic heterocycles. The number of anilines is 2. The average molecular weight is 556 g/mol. The van der Waals surface area contributed by atoms with Crippen molar-refractivity contribution in [2.45, 2.75) is 71.3 Å². The molecule has 0 unspecified atom stereocenters. The summed E-state index contributed by atoms with van der Waals surface area (Å²) in [5.41, 5.74) is 4.37. The molecule has 3 aromatic carbocycles. The van der Waals surface area contributed by atoms with Gasteiger partial charge in [-0.25, -0.2) is 4.79 Å². The zero-order chi connectivity index (χ0) is 29.3. The molecule has 4 rings (SSSR count). The number of benzene rings is 3. The Morgan fingerprint density at radius 1 is 0.927 bits per heavy atom. The number of carboxylic acids is 1. The number of carbonyl (C=O) groups is 1. The number of para-hydroxylation sites is 1. The van der Waals surface area contributed by atoms with Gasteiger partial charge in [-0.05, 0) is 79.9 Å². The van der Waals surface area contributed by atoms with E-state index in [0.29, 0.717) is 18.8 Å². The monoisotopic (exact) mass is 555 g/mol. The summed E-state index contributed by atoms with van der Waals surface area (Å²) in [7, 11) is 0. The first-order valence-electron chi connectivity index (χ1n) is 14.7. The lowest BCUT2D eigenvalue weighted by Gasteiger charge is -2.18. The first kappa shape index (κ1) is 31.3. The average Bonchev–Trinajstić information content (AvgIpc) is 2.93. The molecule has 4 N–H and O–H groups in total. The molecule has 6 heteroatoms. The van der Waals surface area contributed by atoms with Crippen LogP contribution in [0.3, 0.4) is 0 Å². The summed E-state index contributed by atoms with van der Waals surface area (Å²) in [5, 5.41) is 19.4. The van der Waals surface area contributed by atoms with E-state index >= 15 is 0 Å². The molecule has 1 aliphatic carbocycles. The lowest BCUT2D eigenvalue weighted by atomic mass is 10.0. The molecule has 1 aliphatic rings. The Labute approximate surface area is 245 Å². The van der Waals surface area contributed by atoms with Crippen LogP contribution in [0.1, 0.15) is 74.7 Å². The van der Waals surface area contributed by atoms with Gasteiger partial charge >= 0.3 is 5.97 Å². The van der Waals surface area contributed by atoms with E-state index in [4.69, 9.17) is 9.84 Å². The zero-order valence-corrected chi connectivity index (χ0v) is 24.5. The summed E-state index contributed by atoms with van der Waals surface area (Å²) in [6.07, 6.45) is 12.2. The SMILES string of the molecule is C1CCC1.C=C(Cc1ccc(N/C(=C/CCCC)Nc2ccccc2)cc1)N[C@@H](C)COc1ccc(C(=O)O)cc1. The number of hydrogen-bond donors (Lipinski definition) is 4. The van der Waals surface area contributed by atoms with Gasteiger partial charge in [-0.3, -0.25) is 0 Å². The lowest BCUT2D eigenvalue weighted by molar-refractivity contribution is 0.0697. The zero-order valence-electron chi connectivity index (χ0n) is 24.5. The molecule has 0 bridgehead atoms. The van der Waals surface area contributed by atoms with Crippen LogP contribution in [-0.4, -0.2) is 23.7 Å². The summed E-state index contributed by atoms with van der Waals surface area (Å²) in [6, 6.07) is 25.0. The number of nitrogens with one attached hydrogen (secondary N) is 3. The van der Waals surface area contributed by atoms with Gasteiger partial charge in [0.2, 0.25) is 0 Å². The van der Waals surface area contributed by atoms with Crippen LogP contribution in [0.25, 0.3) is 0 Å². The van der Waals surface area contributed by atoms with Gasteiger partial charge in [0, 0.05) is 23.5 Å². The molecule has 218 valence electrons. The van der Waals surface area contributed by atoms with Crippen molar-refractivity contribution in [3.8, 4) is 5.75 Å². The summed E-state index contributed by atoms with van der Waals surface area (Å²) in [6.45, 7) is 8.83. The van der Waals surface area contributed by atoms with Crippen molar-refractivity contribution in [3.63, 3.8) is 0 Å². The van der Waals surface area contributed by atoms with E-state index < -0.39 is 5.97 Å². The van der Waals surface area contributed by atoms with Gasteiger partial charge < -0.3 is 25.8 Å². The molecule has 41 heavy (non-hydrogen) atoms. The topological polar surface area (TPSA) is 82.6 Å². The Morgan fingerprint density at radius 3 is 2.10 bits per heavy atom. The molecule has 3 aromatic rings. The standard InChI is InChI=1S/C31H37N3O3.C4H8/c1-4-5-7-12-30(33-27-10-8-6-9-11-27)34-28-17-13-25(14-18-28)21-23(2)32-24(3)22-37-29-19-15-26(16-20-29)31(35)36;1-2-4-3-1/h6,8-20,24,32-34H,2,4-5,7,21-22H2,1,3H3,(H,35,36);1-4H2/b30-12+;/t24-;/m0./s1. The highest BCUT2D eigenvalue weighted by molar-refractivity contribution is 5.87. The largest absolute Gasteiger partial charge is 0.491 e. The third-order valence-corrected chi connectivity index (χ3v) is 6.66. The first-order valence-corrected chi connectivity index (χ1v) is 14.7. The van der Waals surface area contributed by atoms with Gasteiger partial charge in [0.25, 0.3) is 0 Å². The number of aromatic carboxylic acids is 1. The Hall–Kier alpha value is -4.19. The third kappa shape index (κ3) is 12.2. The van der Waals surface area contributed by atoms with Crippen molar-refractivity contribution in [3.05, 3.63) is 114 Å². The van der Waals surface area contributed by atoms with E-state index in [-0.39, 0.29) is 11.6 Å². The highest BCUT2D eigenvalue weighted by atomic mass is 16.5. The smallest absolute Gasteiger partial charge is 0.335 e. The van der Waals surface area contributed by atoms with Crippen molar-refractivity contribution in [2.75, 3.05) is 17.2 Å². The van der Waals surface area contributed by atoms with E-state index in [1.54, 1.807) is 12.1 Å². The molecule has 0 aromatic heterocycles. The molecule has 0 spiro atoms. The van der Waals surface area contributed by atoms with Gasteiger partial charge in [-0.2, -0.15) is 0 Å². The van der Waals surface area contributed by atoms with Crippen LogP contribution >= 0.6 is 0 Å². The van der Waals surface area contributed by atoms with Gasteiger partial charge in [-0.1, -0.05) is 75.9 Å². The van der Waals surface area contributed by atoms with Gasteiger partial charge in [0.15, 0.2) is 0 Å². The van der Waals surface area contributed by atoms with Crippen LogP contribution in [0.5, 0.6) is 5.75 Å². The number of unbranched alkanes of at least 4 members (excludes halogenated alkanes) is 2. The predicted molar refractivity (Wildman–Crippen MR) is 171 cm³/mol. The third-order valence-electron chi connectivity index (χ3n) is 6.66. The second kappa shape index (κ2) is 17.5. The minimum Gasteiger partial charge on any atom is -0.491 e. The lowest BCUT2D eigenvalue weighted by Crippen LogP contribution is -2.31. The van der Waals surface area contributed by atoms with Gasteiger partial charge in [0.05, 0.1) is 11.6 Å². The van der Waals surface area contributed by atoms with Crippen LogP contribution in [0.4, 0.5) is 11.4 Å². The summed E-state index contributed by atoms with van der Waals surface area (Å²) >= 11 is 0. The molecular formula is C35H45N3O3.